The summed E-state index contributed by atoms with van der Waals surface area (Å²) >= 11 is 0. The molecule has 0 aliphatic heterocycles. The van der Waals surface area contributed by atoms with Gasteiger partial charge in [-0.1, -0.05) is 13.8 Å². The number of rotatable bonds is 5. The van der Waals surface area contributed by atoms with Crippen molar-refractivity contribution in [2.75, 3.05) is 6.54 Å². The lowest BCUT2D eigenvalue weighted by Crippen LogP contribution is -2.35. The molecule has 0 bridgehead atoms. The number of carbonyl (C=O) groups excluding carboxylic acids is 1. The Morgan fingerprint density at radius 1 is 1.55 bits per heavy atom. The largest absolute Gasteiger partial charge is 0.401 e. The number of aliphatic imine (C=N–C) groups is 1. The van der Waals surface area contributed by atoms with Crippen molar-refractivity contribution in [3.63, 3.8) is 0 Å². The first-order valence-electron chi connectivity index (χ1n) is 6.69. The highest BCUT2D eigenvalue weighted by molar-refractivity contribution is 5.90. The van der Waals surface area contributed by atoms with Gasteiger partial charge >= 0.3 is 0 Å². The van der Waals surface area contributed by atoms with Crippen LogP contribution >= 0.6 is 0 Å². The first-order chi connectivity index (χ1) is 9.47. The van der Waals surface area contributed by atoms with Crippen LogP contribution in [0.25, 0.3) is 0 Å². The fourth-order valence-electron chi connectivity index (χ4n) is 1.71. The van der Waals surface area contributed by atoms with Crippen molar-refractivity contribution in [2.45, 2.75) is 27.7 Å². The zero-order chi connectivity index (χ0) is 15.1. The van der Waals surface area contributed by atoms with E-state index >= 15 is 0 Å². The number of carbonyl (C=O) groups is 1. The number of nitrogens with two attached hydrogens (primary N) is 1. The van der Waals surface area contributed by atoms with E-state index < -0.39 is 0 Å². The van der Waals surface area contributed by atoms with Gasteiger partial charge in [0.05, 0.1) is 23.8 Å². The molecule has 0 aromatic carbocycles. The lowest BCUT2D eigenvalue weighted by Gasteiger charge is -2.24. The summed E-state index contributed by atoms with van der Waals surface area (Å²) in [7, 11) is 0. The molecule has 5 nitrogen and oxygen atoms in total. The van der Waals surface area contributed by atoms with E-state index in [0.29, 0.717) is 17.9 Å². The Hall–Kier alpha value is -2.17. The monoisotopic (exact) mass is 274 g/mol. The van der Waals surface area contributed by atoms with Gasteiger partial charge in [0.1, 0.15) is 0 Å². The van der Waals surface area contributed by atoms with Crippen LogP contribution in [0.4, 0.5) is 5.69 Å². The van der Waals surface area contributed by atoms with E-state index in [1.54, 1.807) is 30.4 Å². The molecule has 0 atom stereocenters. The van der Waals surface area contributed by atoms with Crippen LogP contribution in [0.2, 0.25) is 0 Å². The number of nitrogens with zero attached hydrogens (tertiary/aromatic N) is 3. The van der Waals surface area contributed by atoms with Gasteiger partial charge in [-0.15, -0.1) is 0 Å². The number of amides is 1. The van der Waals surface area contributed by atoms with Crippen molar-refractivity contribution < 1.29 is 4.79 Å². The summed E-state index contributed by atoms with van der Waals surface area (Å²) in [4.78, 5) is 22.2. The lowest BCUT2D eigenvalue weighted by atomic mass is 10.1. The van der Waals surface area contributed by atoms with Gasteiger partial charge in [0, 0.05) is 24.4 Å². The predicted octanol–water partition coefficient (Wildman–Crippen LogP) is 2.48. The standard InChI is InChI=1S/C15H22N4O/c1-5-19(15(20)11(2)3)14(12(4)16)10-18-13-7-6-8-17-9-13/h6-11H,5,16H2,1-4H3/b14-12+,18-10?. The van der Waals surface area contributed by atoms with Crippen molar-refractivity contribution in [1.29, 1.82) is 0 Å². The molecule has 1 amide bonds. The summed E-state index contributed by atoms with van der Waals surface area (Å²) < 4.78 is 0. The molecular formula is C15H22N4O. The second kappa shape index (κ2) is 7.43. The molecule has 1 rings (SSSR count). The van der Waals surface area contributed by atoms with E-state index in [1.165, 1.54) is 0 Å². The quantitative estimate of drug-likeness (QED) is 0.838. The molecule has 2 N–H and O–H groups in total. The molecule has 0 saturated heterocycles. The third-order valence-corrected chi connectivity index (χ3v) is 2.75. The van der Waals surface area contributed by atoms with Crippen LogP contribution in [-0.2, 0) is 4.79 Å². The van der Waals surface area contributed by atoms with E-state index in [4.69, 9.17) is 5.73 Å². The Balaban J connectivity index is 3.04. The van der Waals surface area contributed by atoms with Gasteiger partial charge in [0.2, 0.25) is 5.91 Å². The second-order valence-electron chi connectivity index (χ2n) is 4.77. The summed E-state index contributed by atoms with van der Waals surface area (Å²) in [5.41, 5.74) is 7.81. The van der Waals surface area contributed by atoms with Crippen molar-refractivity contribution in [3.8, 4) is 0 Å². The highest BCUT2D eigenvalue weighted by Crippen LogP contribution is 2.13. The number of aromatic nitrogens is 1. The zero-order valence-electron chi connectivity index (χ0n) is 12.5. The molecule has 20 heavy (non-hydrogen) atoms. The molecule has 0 radical (unpaired) electrons. The van der Waals surface area contributed by atoms with E-state index in [-0.39, 0.29) is 11.8 Å². The third kappa shape index (κ3) is 4.19. The van der Waals surface area contributed by atoms with Crippen molar-refractivity contribution in [3.05, 3.63) is 35.9 Å². The molecule has 5 heteroatoms. The molecule has 0 unspecified atom stereocenters. The average molecular weight is 274 g/mol. The highest BCUT2D eigenvalue weighted by Gasteiger charge is 2.19. The van der Waals surface area contributed by atoms with Gasteiger partial charge in [0.15, 0.2) is 0 Å². The van der Waals surface area contributed by atoms with E-state index in [1.807, 2.05) is 32.9 Å². The van der Waals surface area contributed by atoms with Crippen LogP contribution in [0, 0.1) is 5.92 Å². The fraction of sp³-hybridized carbons (Fsp3) is 0.400. The number of allylic oxidation sites excluding steroid dienone is 2. The maximum absolute atomic E-state index is 12.2. The normalized spacial score (nSPS) is 12.7. The molecule has 0 fully saturated rings. The zero-order valence-corrected chi connectivity index (χ0v) is 12.5. The lowest BCUT2D eigenvalue weighted by molar-refractivity contribution is -0.132. The predicted molar refractivity (Wildman–Crippen MR) is 81.5 cm³/mol. The fourth-order valence-corrected chi connectivity index (χ4v) is 1.71. The molecule has 108 valence electrons. The molecule has 1 aromatic rings. The molecular weight excluding hydrogens is 252 g/mol. The van der Waals surface area contributed by atoms with Crippen LogP contribution in [0.3, 0.4) is 0 Å². The van der Waals surface area contributed by atoms with Gasteiger partial charge in [-0.25, -0.2) is 0 Å². The minimum atomic E-state index is -0.0870. The Morgan fingerprint density at radius 3 is 2.70 bits per heavy atom. The first kappa shape index (κ1) is 15.9. The number of hydrogen-bond donors (Lipinski definition) is 1. The van der Waals surface area contributed by atoms with Gasteiger partial charge in [-0.3, -0.25) is 14.8 Å². The average Bonchev–Trinajstić information content (AvgIpc) is 2.43. The first-order valence-corrected chi connectivity index (χ1v) is 6.69. The van der Waals surface area contributed by atoms with Gasteiger partial charge < -0.3 is 10.6 Å². The third-order valence-electron chi connectivity index (χ3n) is 2.75. The van der Waals surface area contributed by atoms with Crippen LogP contribution in [0.15, 0.2) is 40.9 Å². The smallest absolute Gasteiger partial charge is 0.229 e. The molecule has 1 aromatic heterocycles. The number of hydrogen-bond acceptors (Lipinski definition) is 4. The molecule has 0 aliphatic carbocycles. The van der Waals surface area contributed by atoms with Crippen LogP contribution in [-0.4, -0.2) is 28.6 Å². The Labute approximate surface area is 120 Å². The minimum absolute atomic E-state index is 0.0323. The van der Waals surface area contributed by atoms with Gasteiger partial charge in [-0.05, 0) is 26.0 Å². The Bertz CT molecular complexity index is 502. The maximum atomic E-state index is 12.2. The summed E-state index contributed by atoms with van der Waals surface area (Å²) in [5, 5.41) is 0. The molecule has 1 heterocycles. The van der Waals surface area contributed by atoms with Crippen molar-refractivity contribution >= 4 is 17.8 Å². The van der Waals surface area contributed by atoms with E-state index in [9.17, 15) is 4.79 Å². The summed E-state index contributed by atoms with van der Waals surface area (Å²) in [6.07, 6.45) is 4.96. The van der Waals surface area contributed by atoms with Crippen LogP contribution < -0.4 is 5.73 Å². The Kier molecular flexibility index (Phi) is 5.90. The summed E-state index contributed by atoms with van der Waals surface area (Å²) in [5.74, 6) is -0.0546. The van der Waals surface area contributed by atoms with Crippen molar-refractivity contribution in [1.82, 2.24) is 9.88 Å². The van der Waals surface area contributed by atoms with Crippen molar-refractivity contribution in [2.24, 2.45) is 16.6 Å². The van der Waals surface area contributed by atoms with Gasteiger partial charge in [-0.2, -0.15) is 0 Å². The SMILES string of the molecule is CCN(C(=O)C(C)C)/C(C=Nc1cccnc1)=C(\C)N. The van der Waals surface area contributed by atoms with E-state index in [0.717, 1.165) is 5.69 Å². The minimum Gasteiger partial charge on any atom is -0.401 e. The van der Waals surface area contributed by atoms with Crippen LogP contribution in [0.1, 0.15) is 27.7 Å². The second-order valence-corrected chi connectivity index (χ2v) is 4.77. The molecule has 0 spiro atoms. The Morgan fingerprint density at radius 2 is 2.25 bits per heavy atom. The topological polar surface area (TPSA) is 71.6 Å². The summed E-state index contributed by atoms with van der Waals surface area (Å²) in [6.45, 7) is 7.97. The van der Waals surface area contributed by atoms with Crippen LogP contribution in [0.5, 0.6) is 0 Å². The van der Waals surface area contributed by atoms with E-state index in [2.05, 4.69) is 9.98 Å². The number of pyridine rings is 1. The molecule has 0 saturated carbocycles. The highest BCUT2D eigenvalue weighted by atomic mass is 16.2. The molecule has 0 aliphatic rings. The van der Waals surface area contributed by atoms with Gasteiger partial charge in [0.25, 0.3) is 0 Å². The summed E-state index contributed by atoms with van der Waals surface area (Å²) in [6, 6.07) is 3.65. The maximum Gasteiger partial charge on any atom is 0.229 e.